The standard InChI is InChI=1S/C21H20Cl2N4O3S/c1-2-27-19(11-30-18-6-4-3-5-15(18)23)25-26-21(27)31-12-20(28)24-16-10-29-17-8-7-13(22)9-14(16)17/h3-9,16H,2,10-12H2,1H3,(H,24,28)/t16-/m1/s1. The Labute approximate surface area is 194 Å². The van der Waals surface area contributed by atoms with Crippen LogP contribution in [0.3, 0.4) is 0 Å². The van der Waals surface area contributed by atoms with E-state index in [4.69, 9.17) is 32.7 Å². The molecule has 0 spiro atoms. The van der Waals surface area contributed by atoms with Gasteiger partial charge in [-0.25, -0.2) is 0 Å². The van der Waals surface area contributed by atoms with Crippen molar-refractivity contribution < 1.29 is 14.3 Å². The average Bonchev–Trinajstić information content (AvgIpc) is 3.35. The van der Waals surface area contributed by atoms with Crippen molar-refractivity contribution in [1.82, 2.24) is 20.1 Å². The molecule has 31 heavy (non-hydrogen) atoms. The highest BCUT2D eigenvalue weighted by Gasteiger charge is 2.26. The van der Waals surface area contributed by atoms with E-state index in [-0.39, 0.29) is 24.3 Å². The first kappa shape index (κ1) is 21.8. The second-order valence-electron chi connectivity index (χ2n) is 6.76. The molecule has 0 saturated carbocycles. The minimum absolute atomic E-state index is 0.119. The third-order valence-corrected chi connectivity index (χ3v) is 6.24. The maximum absolute atomic E-state index is 12.5. The first-order valence-electron chi connectivity index (χ1n) is 9.69. The Hall–Kier alpha value is -2.42. The lowest BCUT2D eigenvalue weighted by molar-refractivity contribution is -0.119. The van der Waals surface area contributed by atoms with Crippen LogP contribution >= 0.6 is 35.0 Å². The first-order chi connectivity index (χ1) is 15.0. The second kappa shape index (κ2) is 9.80. The summed E-state index contributed by atoms with van der Waals surface area (Å²) in [4.78, 5) is 12.5. The van der Waals surface area contributed by atoms with E-state index in [9.17, 15) is 4.79 Å². The molecule has 1 aromatic heterocycles. The number of amides is 1. The van der Waals surface area contributed by atoms with Gasteiger partial charge in [-0.1, -0.05) is 47.1 Å². The van der Waals surface area contributed by atoms with E-state index < -0.39 is 0 Å². The summed E-state index contributed by atoms with van der Waals surface area (Å²) in [6.07, 6.45) is 0. The highest BCUT2D eigenvalue weighted by atomic mass is 35.5. The fourth-order valence-electron chi connectivity index (χ4n) is 3.23. The van der Waals surface area contributed by atoms with Crippen LogP contribution in [0.1, 0.15) is 24.4 Å². The van der Waals surface area contributed by atoms with Gasteiger partial charge in [0.25, 0.3) is 0 Å². The Morgan fingerprint density at radius 3 is 2.94 bits per heavy atom. The van der Waals surface area contributed by atoms with Crippen molar-refractivity contribution >= 4 is 40.9 Å². The molecular formula is C21H20Cl2N4O3S. The van der Waals surface area contributed by atoms with Crippen LogP contribution in [0.2, 0.25) is 10.0 Å². The van der Waals surface area contributed by atoms with E-state index in [1.165, 1.54) is 11.8 Å². The number of rotatable bonds is 8. The van der Waals surface area contributed by atoms with Crippen LogP contribution in [0.5, 0.6) is 11.5 Å². The summed E-state index contributed by atoms with van der Waals surface area (Å²) in [6, 6.07) is 12.4. The number of para-hydroxylation sites is 1. The van der Waals surface area contributed by atoms with Crippen molar-refractivity contribution in [2.75, 3.05) is 12.4 Å². The fraction of sp³-hybridized carbons (Fsp3) is 0.286. The Morgan fingerprint density at radius 2 is 2.13 bits per heavy atom. The van der Waals surface area contributed by atoms with E-state index in [0.717, 1.165) is 11.3 Å². The van der Waals surface area contributed by atoms with Crippen molar-refractivity contribution in [1.29, 1.82) is 0 Å². The molecule has 1 aliphatic rings. The molecule has 2 heterocycles. The van der Waals surface area contributed by atoms with Crippen molar-refractivity contribution in [3.8, 4) is 11.5 Å². The number of halogens is 2. The molecule has 1 atom stereocenters. The Morgan fingerprint density at radius 1 is 1.29 bits per heavy atom. The van der Waals surface area contributed by atoms with Crippen LogP contribution in [0.25, 0.3) is 0 Å². The number of benzene rings is 2. The maximum atomic E-state index is 12.5. The maximum Gasteiger partial charge on any atom is 0.231 e. The first-order valence-corrected chi connectivity index (χ1v) is 11.4. The molecule has 10 heteroatoms. The normalized spacial score (nSPS) is 14.7. The second-order valence-corrected chi connectivity index (χ2v) is 8.55. The Bertz CT molecular complexity index is 1090. The fourth-order valence-corrected chi connectivity index (χ4v) is 4.43. The highest BCUT2D eigenvalue weighted by molar-refractivity contribution is 7.99. The van der Waals surface area contributed by atoms with Crippen LogP contribution < -0.4 is 14.8 Å². The van der Waals surface area contributed by atoms with Crippen LogP contribution in [0, 0.1) is 0 Å². The number of carbonyl (C=O) groups excluding carboxylic acids is 1. The molecule has 1 aliphatic heterocycles. The molecule has 2 aromatic carbocycles. The van der Waals surface area contributed by atoms with Gasteiger partial charge in [0.2, 0.25) is 5.91 Å². The van der Waals surface area contributed by atoms with Crippen LogP contribution in [-0.4, -0.2) is 33.0 Å². The van der Waals surface area contributed by atoms with Gasteiger partial charge in [-0.05, 0) is 37.3 Å². The van der Waals surface area contributed by atoms with Gasteiger partial charge in [-0.2, -0.15) is 0 Å². The number of fused-ring (bicyclic) bond motifs is 1. The zero-order valence-electron chi connectivity index (χ0n) is 16.7. The number of thioether (sulfide) groups is 1. The van der Waals surface area contributed by atoms with Crippen molar-refractivity contribution in [2.24, 2.45) is 0 Å². The summed E-state index contributed by atoms with van der Waals surface area (Å²) in [5.74, 6) is 2.08. The van der Waals surface area contributed by atoms with Gasteiger partial charge in [0.15, 0.2) is 11.0 Å². The van der Waals surface area contributed by atoms with E-state index in [1.807, 2.05) is 35.8 Å². The summed E-state index contributed by atoms with van der Waals surface area (Å²) in [5.41, 5.74) is 0.890. The lowest BCUT2D eigenvalue weighted by Crippen LogP contribution is -2.30. The summed E-state index contributed by atoms with van der Waals surface area (Å²) >= 11 is 13.5. The zero-order chi connectivity index (χ0) is 21.8. The third-order valence-electron chi connectivity index (χ3n) is 4.72. The summed E-state index contributed by atoms with van der Waals surface area (Å²) in [6.45, 7) is 3.26. The quantitative estimate of drug-likeness (QED) is 0.479. The van der Waals surface area contributed by atoms with Crippen LogP contribution in [0.15, 0.2) is 47.6 Å². The molecule has 0 unspecified atom stereocenters. The molecular weight excluding hydrogens is 459 g/mol. The Balaban J connectivity index is 1.34. The van der Waals surface area contributed by atoms with Crippen molar-refractivity contribution in [3.05, 3.63) is 63.9 Å². The lowest BCUT2D eigenvalue weighted by Gasteiger charge is -2.12. The van der Waals surface area contributed by atoms with Gasteiger partial charge in [0, 0.05) is 17.1 Å². The molecule has 0 fully saturated rings. The predicted octanol–water partition coefficient (Wildman–Crippen LogP) is 4.53. The van der Waals surface area contributed by atoms with E-state index in [0.29, 0.717) is 39.9 Å². The molecule has 0 aliphatic carbocycles. The molecule has 3 aromatic rings. The molecule has 162 valence electrons. The molecule has 0 radical (unpaired) electrons. The van der Waals surface area contributed by atoms with Crippen molar-refractivity contribution in [3.63, 3.8) is 0 Å². The molecule has 7 nitrogen and oxygen atoms in total. The smallest absolute Gasteiger partial charge is 0.231 e. The van der Waals surface area contributed by atoms with Crippen LogP contribution in [0.4, 0.5) is 0 Å². The predicted molar refractivity (Wildman–Crippen MR) is 120 cm³/mol. The van der Waals surface area contributed by atoms with Crippen molar-refractivity contribution in [2.45, 2.75) is 31.3 Å². The summed E-state index contributed by atoms with van der Waals surface area (Å²) in [7, 11) is 0. The number of hydrogen-bond acceptors (Lipinski definition) is 6. The van der Waals surface area contributed by atoms with Gasteiger partial charge in [-0.15, -0.1) is 10.2 Å². The molecule has 1 amide bonds. The minimum atomic E-state index is -0.217. The molecule has 1 N–H and O–H groups in total. The molecule has 4 rings (SSSR count). The van der Waals surface area contributed by atoms with Gasteiger partial charge in [0.05, 0.1) is 16.8 Å². The van der Waals surface area contributed by atoms with E-state index in [2.05, 4.69) is 15.5 Å². The van der Waals surface area contributed by atoms with Crippen LogP contribution in [-0.2, 0) is 17.9 Å². The van der Waals surface area contributed by atoms with Gasteiger partial charge in [-0.3, -0.25) is 4.79 Å². The Kier molecular flexibility index (Phi) is 6.89. The number of ether oxygens (including phenoxy) is 2. The third kappa shape index (κ3) is 5.08. The monoisotopic (exact) mass is 478 g/mol. The number of hydrogen-bond donors (Lipinski definition) is 1. The summed E-state index contributed by atoms with van der Waals surface area (Å²) < 4.78 is 13.3. The molecule has 0 bridgehead atoms. The topological polar surface area (TPSA) is 78.3 Å². The van der Waals surface area contributed by atoms with Gasteiger partial charge < -0.3 is 19.4 Å². The minimum Gasteiger partial charge on any atom is -0.491 e. The van der Waals surface area contributed by atoms with Gasteiger partial charge in [0.1, 0.15) is 24.7 Å². The van der Waals surface area contributed by atoms with E-state index in [1.54, 1.807) is 18.2 Å². The average molecular weight is 479 g/mol. The number of carbonyl (C=O) groups is 1. The zero-order valence-corrected chi connectivity index (χ0v) is 19.0. The lowest BCUT2D eigenvalue weighted by atomic mass is 10.1. The summed E-state index contributed by atoms with van der Waals surface area (Å²) in [5, 5.41) is 13.2. The van der Waals surface area contributed by atoms with E-state index >= 15 is 0 Å². The largest absolute Gasteiger partial charge is 0.491 e. The number of aromatic nitrogens is 3. The highest BCUT2D eigenvalue weighted by Crippen LogP contribution is 2.34. The SMILES string of the molecule is CCn1c(COc2ccccc2Cl)nnc1SCC(=O)N[C@@H]1COc2ccc(Cl)cc21. The van der Waals surface area contributed by atoms with Gasteiger partial charge >= 0.3 is 0 Å². The molecule has 0 saturated heterocycles. The number of nitrogens with one attached hydrogen (secondary N) is 1. The number of nitrogens with zero attached hydrogens (tertiary/aromatic N) is 3.